The molecule has 1 aliphatic rings. The predicted octanol–water partition coefficient (Wildman–Crippen LogP) is 2.16. The Morgan fingerprint density at radius 1 is 1.55 bits per heavy atom. The first-order valence-corrected chi connectivity index (χ1v) is 6.83. The molecule has 3 rings (SSSR count). The Bertz CT molecular complexity index is 644. The molecule has 0 saturated carbocycles. The molecule has 5 heteroatoms. The summed E-state index contributed by atoms with van der Waals surface area (Å²) >= 11 is 0. The number of aliphatic hydroxyl groups is 1. The number of anilines is 2. The Kier molecular flexibility index (Phi) is 3.22. The Morgan fingerprint density at radius 2 is 2.35 bits per heavy atom. The van der Waals surface area contributed by atoms with Gasteiger partial charge in [0.15, 0.2) is 5.82 Å². The number of rotatable bonds is 2. The molecule has 1 saturated heterocycles. The molecular formula is C15H18FN3O. The summed E-state index contributed by atoms with van der Waals surface area (Å²) in [7, 11) is 0. The second-order valence-corrected chi connectivity index (χ2v) is 5.43. The molecule has 0 radical (unpaired) electrons. The van der Waals surface area contributed by atoms with Gasteiger partial charge in [-0.15, -0.1) is 0 Å². The van der Waals surface area contributed by atoms with Crippen LogP contribution in [0.2, 0.25) is 0 Å². The molecule has 2 heterocycles. The largest absolute Gasteiger partial charge is 0.398 e. The molecule has 1 aliphatic heterocycles. The lowest BCUT2D eigenvalue weighted by Gasteiger charge is -2.22. The number of pyridine rings is 1. The summed E-state index contributed by atoms with van der Waals surface area (Å²) in [5.74, 6) is -0.175. The van der Waals surface area contributed by atoms with Gasteiger partial charge in [0, 0.05) is 36.3 Å². The van der Waals surface area contributed by atoms with Crippen molar-refractivity contribution >= 4 is 22.3 Å². The number of halogens is 1. The smallest absolute Gasteiger partial charge is 0.150 e. The number of benzene rings is 1. The minimum absolute atomic E-state index is 0.172. The van der Waals surface area contributed by atoms with Gasteiger partial charge in [-0.05, 0) is 31.5 Å². The van der Waals surface area contributed by atoms with Crippen molar-refractivity contribution in [2.45, 2.75) is 19.4 Å². The van der Waals surface area contributed by atoms with Crippen molar-refractivity contribution < 1.29 is 9.50 Å². The van der Waals surface area contributed by atoms with E-state index in [4.69, 9.17) is 5.73 Å². The number of aromatic nitrogens is 1. The molecule has 0 amide bonds. The standard InChI is InChI=1S/C15H18FN3O/c1-9(20)10-4-6-19(8-10)15-12(16)7-13(17)11-3-2-5-18-14(11)15/h2-3,5,7,9-10,20H,4,6,8,17H2,1H3. The van der Waals surface area contributed by atoms with Gasteiger partial charge in [0.2, 0.25) is 0 Å². The highest BCUT2D eigenvalue weighted by molar-refractivity contribution is 5.99. The van der Waals surface area contributed by atoms with E-state index in [0.717, 1.165) is 18.4 Å². The summed E-state index contributed by atoms with van der Waals surface area (Å²) in [6.45, 7) is 3.15. The van der Waals surface area contributed by atoms with Crippen molar-refractivity contribution in [1.29, 1.82) is 0 Å². The van der Waals surface area contributed by atoms with Crippen LogP contribution >= 0.6 is 0 Å². The Balaban J connectivity index is 2.08. The molecule has 2 aromatic rings. The van der Waals surface area contributed by atoms with Gasteiger partial charge in [-0.2, -0.15) is 0 Å². The van der Waals surface area contributed by atoms with Gasteiger partial charge in [-0.3, -0.25) is 4.98 Å². The Morgan fingerprint density at radius 3 is 3.05 bits per heavy atom. The average Bonchev–Trinajstić information content (AvgIpc) is 2.88. The van der Waals surface area contributed by atoms with E-state index in [-0.39, 0.29) is 17.8 Å². The molecule has 0 aliphatic carbocycles. The number of nitrogen functional groups attached to an aromatic ring is 1. The molecule has 1 aromatic heterocycles. The maximum Gasteiger partial charge on any atom is 0.150 e. The SMILES string of the molecule is CC(O)C1CCN(c2c(F)cc(N)c3cccnc23)C1. The molecule has 3 N–H and O–H groups in total. The third kappa shape index (κ3) is 2.08. The van der Waals surface area contributed by atoms with Crippen LogP contribution in [-0.2, 0) is 0 Å². The number of hydrogen-bond donors (Lipinski definition) is 2. The van der Waals surface area contributed by atoms with Crippen LogP contribution in [0, 0.1) is 11.7 Å². The first-order valence-electron chi connectivity index (χ1n) is 6.83. The van der Waals surface area contributed by atoms with Gasteiger partial charge in [0.1, 0.15) is 0 Å². The first-order chi connectivity index (χ1) is 9.58. The first kappa shape index (κ1) is 13.1. The molecule has 2 atom stereocenters. The van der Waals surface area contributed by atoms with Crippen LogP contribution in [0.5, 0.6) is 0 Å². The zero-order valence-corrected chi connectivity index (χ0v) is 11.4. The van der Waals surface area contributed by atoms with Crippen molar-refractivity contribution in [2.24, 2.45) is 5.92 Å². The highest BCUT2D eigenvalue weighted by Crippen LogP contribution is 2.35. The van der Waals surface area contributed by atoms with Crippen molar-refractivity contribution in [1.82, 2.24) is 4.98 Å². The van der Waals surface area contributed by atoms with Crippen molar-refractivity contribution in [3.63, 3.8) is 0 Å². The van der Waals surface area contributed by atoms with Gasteiger partial charge in [0.25, 0.3) is 0 Å². The summed E-state index contributed by atoms with van der Waals surface area (Å²) in [5, 5.41) is 10.5. The second kappa shape index (κ2) is 4.90. The molecule has 20 heavy (non-hydrogen) atoms. The minimum Gasteiger partial charge on any atom is -0.398 e. The van der Waals surface area contributed by atoms with Crippen LogP contribution in [0.25, 0.3) is 10.9 Å². The van der Waals surface area contributed by atoms with Crippen LogP contribution in [0.1, 0.15) is 13.3 Å². The van der Waals surface area contributed by atoms with Crippen LogP contribution in [0.15, 0.2) is 24.4 Å². The zero-order valence-electron chi connectivity index (χ0n) is 11.4. The van der Waals surface area contributed by atoms with Crippen molar-refractivity contribution in [3.05, 3.63) is 30.2 Å². The summed E-state index contributed by atoms with van der Waals surface area (Å²) in [6, 6.07) is 5.00. The lowest BCUT2D eigenvalue weighted by atomic mass is 10.0. The third-order valence-corrected chi connectivity index (χ3v) is 4.07. The van der Waals surface area contributed by atoms with Gasteiger partial charge in [-0.1, -0.05) is 0 Å². The Hall–Kier alpha value is -1.88. The summed E-state index contributed by atoms with van der Waals surface area (Å²) < 4.78 is 14.3. The van der Waals surface area contributed by atoms with E-state index in [9.17, 15) is 9.50 Å². The maximum atomic E-state index is 14.3. The van der Waals surface area contributed by atoms with Crippen LogP contribution in [0.3, 0.4) is 0 Å². The fourth-order valence-electron chi connectivity index (χ4n) is 2.91. The van der Waals surface area contributed by atoms with Gasteiger partial charge >= 0.3 is 0 Å². The molecule has 0 spiro atoms. The number of fused-ring (bicyclic) bond motifs is 1. The zero-order chi connectivity index (χ0) is 14.3. The molecule has 4 nitrogen and oxygen atoms in total. The number of nitrogens with two attached hydrogens (primary N) is 1. The molecule has 2 unspecified atom stereocenters. The third-order valence-electron chi connectivity index (χ3n) is 4.07. The van der Waals surface area contributed by atoms with E-state index in [0.29, 0.717) is 23.4 Å². The molecule has 1 fully saturated rings. The van der Waals surface area contributed by atoms with E-state index < -0.39 is 0 Å². The van der Waals surface area contributed by atoms with Gasteiger partial charge < -0.3 is 15.7 Å². The lowest BCUT2D eigenvalue weighted by Crippen LogP contribution is -2.25. The van der Waals surface area contributed by atoms with Crippen LogP contribution in [0.4, 0.5) is 15.8 Å². The number of aliphatic hydroxyl groups excluding tert-OH is 1. The molecule has 1 aromatic carbocycles. The summed E-state index contributed by atoms with van der Waals surface area (Å²) in [4.78, 5) is 6.25. The van der Waals surface area contributed by atoms with Crippen LogP contribution < -0.4 is 10.6 Å². The second-order valence-electron chi connectivity index (χ2n) is 5.43. The molecule has 0 bridgehead atoms. The fourth-order valence-corrected chi connectivity index (χ4v) is 2.91. The minimum atomic E-state index is -0.379. The fraction of sp³-hybridized carbons (Fsp3) is 0.400. The van der Waals surface area contributed by atoms with Crippen LogP contribution in [-0.4, -0.2) is 29.3 Å². The monoisotopic (exact) mass is 275 g/mol. The maximum absolute atomic E-state index is 14.3. The number of nitrogens with zero attached hydrogens (tertiary/aromatic N) is 2. The number of hydrogen-bond acceptors (Lipinski definition) is 4. The van der Waals surface area contributed by atoms with E-state index in [1.165, 1.54) is 6.07 Å². The van der Waals surface area contributed by atoms with E-state index in [1.807, 2.05) is 11.0 Å². The molecule has 106 valence electrons. The topological polar surface area (TPSA) is 62.4 Å². The summed E-state index contributed by atoms with van der Waals surface area (Å²) in [5.41, 5.74) is 7.36. The lowest BCUT2D eigenvalue weighted by molar-refractivity contribution is 0.136. The van der Waals surface area contributed by atoms with Crippen molar-refractivity contribution in [2.75, 3.05) is 23.7 Å². The highest BCUT2D eigenvalue weighted by Gasteiger charge is 2.29. The Labute approximate surface area is 117 Å². The highest BCUT2D eigenvalue weighted by atomic mass is 19.1. The van der Waals surface area contributed by atoms with E-state index in [1.54, 1.807) is 19.2 Å². The summed E-state index contributed by atoms with van der Waals surface area (Å²) in [6.07, 6.45) is 2.12. The molecular weight excluding hydrogens is 257 g/mol. The van der Waals surface area contributed by atoms with Gasteiger partial charge in [0.05, 0.1) is 17.3 Å². The average molecular weight is 275 g/mol. The van der Waals surface area contributed by atoms with E-state index >= 15 is 0 Å². The quantitative estimate of drug-likeness (QED) is 0.825. The predicted molar refractivity (Wildman–Crippen MR) is 78.1 cm³/mol. The van der Waals surface area contributed by atoms with E-state index in [2.05, 4.69) is 4.98 Å². The van der Waals surface area contributed by atoms with Crippen molar-refractivity contribution in [3.8, 4) is 0 Å². The normalized spacial score (nSPS) is 20.6. The van der Waals surface area contributed by atoms with Gasteiger partial charge in [-0.25, -0.2) is 4.39 Å².